The highest BCUT2D eigenvalue weighted by Gasteiger charge is 2.05. The first-order valence-electron chi connectivity index (χ1n) is 3.04. The van der Waals surface area contributed by atoms with Crippen molar-refractivity contribution in [1.82, 2.24) is 0 Å². The summed E-state index contributed by atoms with van der Waals surface area (Å²) < 4.78 is 21.5. The second-order valence-corrected chi connectivity index (χ2v) is 3.71. The summed E-state index contributed by atoms with van der Waals surface area (Å²) in [6, 6.07) is 5.44. The van der Waals surface area contributed by atoms with Gasteiger partial charge < -0.3 is 0 Å². The number of hydrogen-bond donors (Lipinski definition) is 2. The molecule has 0 aromatic heterocycles. The largest absolute Gasteiger partial charge is 0.238 e. The fourth-order valence-corrected chi connectivity index (χ4v) is 1.23. The lowest BCUT2D eigenvalue weighted by Gasteiger charge is -1.96. The molecule has 1 aromatic carbocycles. The van der Waals surface area contributed by atoms with E-state index in [1.54, 1.807) is 0 Å². The van der Waals surface area contributed by atoms with Gasteiger partial charge in [0.15, 0.2) is 0 Å². The molecular formula is C6H7N3O2S. The van der Waals surface area contributed by atoms with Gasteiger partial charge in [-0.3, -0.25) is 0 Å². The maximum Gasteiger partial charge on any atom is 0.238 e. The summed E-state index contributed by atoms with van der Waals surface area (Å²) in [6.45, 7) is 0. The molecular weight excluding hydrogens is 178 g/mol. The van der Waals surface area contributed by atoms with E-state index in [9.17, 15) is 8.42 Å². The summed E-state index contributed by atoms with van der Waals surface area (Å²) in [5, 5.41) is 7.95. The van der Waals surface area contributed by atoms with Gasteiger partial charge in [-0.25, -0.2) is 19.1 Å². The topological polar surface area (TPSA) is 96.4 Å². The van der Waals surface area contributed by atoms with Gasteiger partial charge in [0, 0.05) is 0 Å². The van der Waals surface area contributed by atoms with Crippen LogP contribution in [-0.2, 0) is 10.0 Å². The maximum atomic E-state index is 10.7. The lowest BCUT2D eigenvalue weighted by atomic mass is 10.3. The summed E-state index contributed by atoms with van der Waals surface area (Å²) in [5.41, 5.74) is 7.01. The molecule has 0 atom stereocenters. The van der Waals surface area contributed by atoms with E-state index in [4.69, 9.17) is 10.7 Å². The van der Waals surface area contributed by atoms with Crippen LogP contribution < -0.4 is 5.14 Å². The molecule has 0 heterocycles. The smallest absolute Gasteiger partial charge is 0.225 e. The Bertz CT molecular complexity index is 382. The monoisotopic (exact) mass is 185 g/mol. The molecule has 0 aliphatic heterocycles. The van der Waals surface area contributed by atoms with E-state index in [2.05, 4.69) is 5.11 Å². The number of nitrogens with two attached hydrogens (primary N) is 1. The van der Waals surface area contributed by atoms with Gasteiger partial charge >= 0.3 is 0 Å². The van der Waals surface area contributed by atoms with Gasteiger partial charge in [0.25, 0.3) is 0 Å². The summed E-state index contributed by atoms with van der Waals surface area (Å²) in [6.07, 6.45) is 0. The van der Waals surface area contributed by atoms with Crippen molar-refractivity contribution in [2.24, 2.45) is 10.3 Å². The molecule has 6 heteroatoms. The molecule has 1 aromatic rings. The second-order valence-electron chi connectivity index (χ2n) is 2.15. The highest BCUT2D eigenvalue weighted by atomic mass is 32.2. The van der Waals surface area contributed by atoms with Crippen molar-refractivity contribution in [3.05, 3.63) is 24.3 Å². The van der Waals surface area contributed by atoms with Crippen LogP contribution in [0.3, 0.4) is 0 Å². The second kappa shape index (κ2) is 3.00. The molecule has 12 heavy (non-hydrogen) atoms. The predicted octanol–water partition coefficient (Wildman–Crippen LogP) is 0.996. The van der Waals surface area contributed by atoms with Crippen LogP contribution in [0.4, 0.5) is 5.69 Å². The number of sulfonamides is 1. The average Bonchev–Trinajstić information content (AvgIpc) is 2.03. The summed E-state index contributed by atoms with van der Waals surface area (Å²) in [7, 11) is -3.63. The number of hydrogen-bond acceptors (Lipinski definition) is 4. The molecule has 0 bridgehead atoms. The molecule has 0 saturated heterocycles. The van der Waals surface area contributed by atoms with Gasteiger partial charge in [-0.15, -0.1) is 0 Å². The minimum Gasteiger partial charge on any atom is -0.225 e. The van der Waals surface area contributed by atoms with Gasteiger partial charge in [-0.1, -0.05) is 0 Å². The lowest BCUT2D eigenvalue weighted by Crippen LogP contribution is -2.11. The van der Waals surface area contributed by atoms with Crippen LogP contribution in [0.2, 0.25) is 0 Å². The Morgan fingerprint density at radius 2 is 1.75 bits per heavy atom. The Kier molecular flexibility index (Phi) is 2.20. The molecule has 0 radical (unpaired) electrons. The number of primary sulfonamides is 1. The zero-order valence-corrected chi connectivity index (χ0v) is 6.88. The summed E-state index contributed by atoms with van der Waals surface area (Å²) >= 11 is 0. The molecule has 0 unspecified atom stereocenters. The standard InChI is InChI=1S/C6H7N3O2S/c7-9-5-1-3-6(4-2-5)12(8,10)11/h1-4,7H,(H2,8,10,11). The van der Waals surface area contributed by atoms with Crippen LogP contribution in [0, 0.1) is 5.53 Å². The molecule has 64 valence electrons. The van der Waals surface area contributed by atoms with Crippen LogP contribution >= 0.6 is 0 Å². The highest BCUT2D eigenvalue weighted by Crippen LogP contribution is 2.14. The Balaban J connectivity index is 3.17. The van der Waals surface area contributed by atoms with E-state index in [0.717, 1.165) is 0 Å². The minimum absolute atomic E-state index is 0.0231. The zero-order chi connectivity index (χ0) is 9.19. The number of benzene rings is 1. The van der Waals surface area contributed by atoms with Crippen molar-refractivity contribution >= 4 is 15.7 Å². The minimum atomic E-state index is -3.63. The molecule has 3 N–H and O–H groups in total. The van der Waals surface area contributed by atoms with Gasteiger partial charge in [0.1, 0.15) is 0 Å². The molecule has 0 spiro atoms. The van der Waals surface area contributed by atoms with E-state index in [1.165, 1.54) is 24.3 Å². The third kappa shape index (κ3) is 1.86. The molecule has 0 aliphatic carbocycles. The Morgan fingerprint density at radius 3 is 2.08 bits per heavy atom. The predicted molar refractivity (Wildman–Crippen MR) is 42.6 cm³/mol. The molecule has 0 saturated carbocycles. The van der Waals surface area contributed by atoms with Crippen LogP contribution in [0.25, 0.3) is 0 Å². The molecule has 0 aliphatic rings. The molecule has 0 fully saturated rings. The Morgan fingerprint density at radius 1 is 1.25 bits per heavy atom. The third-order valence-corrected chi connectivity index (χ3v) is 2.22. The van der Waals surface area contributed by atoms with E-state index < -0.39 is 10.0 Å². The first kappa shape index (κ1) is 8.82. The van der Waals surface area contributed by atoms with E-state index in [-0.39, 0.29) is 4.90 Å². The first-order valence-corrected chi connectivity index (χ1v) is 4.59. The van der Waals surface area contributed by atoms with Gasteiger partial charge in [0.05, 0.1) is 10.6 Å². The number of nitrogens with zero attached hydrogens (tertiary/aromatic N) is 1. The normalized spacial score (nSPS) is 11.1. The van der Waals surface area contributed by atoms with Crippen LogP contribution in [-0.4, -0.2) is 8.42 Å². The Hall–Kier alpha value is -1.27. The van der Waals surface area contributed by atoms with Crippen molar-refractivity contribution in [2.75, 3.05) is 0 Å². The van der Waals surface area contributed by atoms with Crippen molar-refractivity contribution in [2.45, 2.75) is 4.90 Å². The van der Waals surface area contributed by atoms with Crippen LogP contribution in [0.5, 0.6) is 0 Å². The van der Waals surface area contributed by atoms with Crippen LogP contribution in [0.15, 0.2) is 34.3 Å². The number of rotatable bonds is 2. The van der Waals surface area contributed by atoms with E-state index >= 15 is 0 Å². The van der Waals surface area contributed by atoms with Crippen LogP contribution in [0.1, 0.15) is 0 Å². The molecule has 1 rings (SSSR count). The molecule has 5 nitrogen and oxygen atoms in total. The lowest BCUT2D eigenvalue weighted by molar-refractivity contribution is 0.598. The Labute approximate surface area is 69.8 Å². The van der Waals surface area contributed by atoms with Gasteiger partial charge in [0.2, 0.25) is 10.0 Å². The van der Waals surface area contributed by atoms with Crippen molar-refractivity contribution in [3.8, 4) is 0 Å². The molecule has 0 amide bonds. The third-order valence-electron chi connectivity index (χ3n) is 1.29. The summed E-state index contributed by atoms with van der Waals surface area (Å²) in [5.74, 6) is 0. The highest BCUT2D eigenvalue weighted by molar-refractivity contribution is 7.89. The zero-order valence-electron chi connectivity index (χ0n) is 6.06. The quantitative estimate of drug-likeness (QED) is 0.672. The fraction of sp³-hybridized carbons (Fsp3) is 0. The van der Waals surface area contributed by atoms with Crippen molar-refractivity contribution in [3.63, 3.8) is 0 Å². The van der Waals surface area contributed by atoms with E-state index in [0.29, 0.717) is 5.69 Å². The first-order chi connectivity index (χ1) is 5.54. The SMILES string of the molecule is N=Nc1ccc(S(N)(=O)=O)cc1. The van der Waals surface area contributed by atoms with Crippen molar-refractivity contribution in [1.29, 1.82) is 5.53 Å². The maximum absolute atomic E-state index is 10.7. The fourth-order valence-electron chi connectivity index (χ4n) is 0.710. The van der Waals surface area contributed by atoms with Gasteiger partial charge in [-0.05, 0) is 24.3 Å². The van der Waals surface area contributed by atoms with Crippen molar-refractivity contribution < 1.29 is 8.42 Å². The number of nitrogens with one attached hydrogen (secondary N) is 1. The van der Waals surface area contributed by atoms with E-state index in [1.807, 2.05) is 0 Å². The van der Waals surface area contributed by atoms with Gasteiger partial charge in [-0.2, -0.15) is 5.11 Å². The average molecular weight is 185 g/mol. The summed E-state index contributed by atoms with van der Waals surface area (Å²) in [4.78, 5) is 0.0231.